The van der Waals surface area contributed by atoms with Gasteiger partial charge in [-0.2, -0.15) is 0 Å². The summed E-state index contributed by atoms with van der Waals surface area (Å²) in [4.78, 5) is 22.1. The monoisotopic (exact) mass is 206 g/mol. The molecule has 80 valence electrons. The fourth-order valence-corrected chi connectivity index (χ4v) is 0.943. The fourth-order valence-electron chi connectivity index (χ4n) is 0.943. The van der Waals surface area contributed by atoms with Gasteiger partial charge in [0, 0.05) is 0 Å². The molecule has 0 fully saturated rings. The number of rotatable bonds is 4. The number of benzene rings is 1. The number of esters is 1. The Morgan fingerprint density at radius 3 is 2.47 bits per heavy atom. The quantitative estimate of drug-likeness (QED) is 0.559. The minimum Gasteiger partial charge on any atom is -0.461 e. The highest BCUT2D eigenvalue weighted by atomic mass is 16.5. The van der Waals surface area contributed by atoms with Crippen molar-refractivity contribution in [3.05, 3.63) is 35.9 Å². The second-order valence-electron chi connectivity index (χ2n) is 4.05. The zero-order chi connectivity index (χ0) is 11.3. The zero-order valence-electron chi connectivity index (χ0n) is 8.90. The summed E-state index contributed by atoms with van der Waals surface area (Å²) in [6, 6.07) is 8.71. The van der Waals surface area contributed by atoms with Crippen molar-refractivity contribution in [3.8, 4) is 0 Å². The highest BCUT2D eigenvalue weighted by Gasteiger charge is 2.19. The van der Waals surface area contributed by atoms with Gasteiger partial charge in [-0.25, -0.2) is 4.79 Å². The van der Waals surface area contributed by atoms with E-state index in [1.54, 1.807) is 38.1 Å². The maximum atomic E-state index is 11.5. The van der Waals surface area contributed by atoms with Gasteiger partial charge in [0.2, 0.25) is 0 Å². The lowest BCUT2D eigenvalue weighted by Crippen LogP contribution is -2.23. The van der Waals surface area contributed by atoms with Gasteiger partial charge in [0.15, 0.2) is 0 Å². The van der Waals surface area contributed by atoms with E-state index in [1.165, 1.54) is 0 Å². The van der Waals surface area contributed by atoms with Crippen LogP contribution in [0.15, 0.2) is 30.3 Å². The van der Waals surface area contributed by atoms with E-state index in [4.69, 9.17) is 4.74 Å². The Morgan fingerprint density at radius 1 is 1.33 bits per heavy atom. The highest BCUT2D eigenvalue weighted by molar-refractivity contribution is 5.89. The molecule has 0 heterocycles. The first-order valence-electron chi connectivity index (χ1n) is 4.74. The molecule has 0 unspecified atom stereocenters. The minimum atomic E-state index is -0.621. The molecule has 1 aromatic carbocycles. The third kappa shape index (κ3) is 3.54. The average molecular weight is 206 g/mol. The molecule has 15 heavy (non-hydrogen) atoms. The summed E-state index contributed by atoms with van der Waals surface area (Å²) in [7, 11) is 0. The first kappa shape index (κ1) is 11.4. The van der Waals surface area contributed by atoms with Crippen LogP contribution < -0.4 is 0 Å². The lowest BCUT2D eigenvalue weighted by molar-refractivity contribution is -0.116. The minimum absolute atomic E-state index is 0.101. The molecule has 0 aliphatic rings. The van der Waals surface area contributed by atoms with E-state index in [0.29, 0.717) is 5.56 Å². The molecule has 0 N–H and O–H groups in total. The van der Waals surface area contributed by atoms with Gasteiger partial charge in [0.05, 0.1) is 11.0 Å². The lowest BCUT2D eigenvalue weighted by Gasteiger charge is -2.16. The first-order valence-corrected chi connectivity index (χ1v) is 4.74. The molecule has 0 aromatic heterocycles. The summed E-state index contributed by atoms with van der Waals surface area (Å²) < 4.78 is 5.01. The van der Waals surface area contributed by atoms with Gasteiger partial charge in [-0.1, -0.05) is 18.2 Å². The molecule has 0 bridgehead atoms. The Morgan fingerprint density at radius 2 is 1.93 bits per heavy atom. The molecule has 3 nitrogen and oxygen atoms in total. The summed E-state index contributed by atoms with van der Waals surface area (Å²) in [6.07, 6.45) is 0.783. The lowest BCUT2D eigenvalue weighted by atomic mass is 9.98. The van der Waals surface area contributed by atoms with Crippen LogP contribution in [0.2, 0.25) is 0 Å². The molecule has 0 saturated heterocycles. The third-order valence-electron chi connectivity index (χ3n) is 1.90. The van der Waals surface area contributed by atoms with Crippen molar-refractivity contribution < 1.29 is 14.3 Å². The van der Waals surface area contributed by atoms with Crippen LogP contribution in [-0.2, 0) is 9.53 Å². The van der Waals surface area contributed by atoms with Crippen LogP contribution in [0.4, 0.5) is 0 Å². The second kappa shape index (κ2) is 4.73. The predicted octanol–water partition coefficient (Wildman–Crippen LogP) is 2.07. The predicted molar refractivity (Wildman–Crippen MR) is 56.6 cm³/mol. The van der Waals surface area contributed by atoms with Crippen LogP contribution >= 0.6 is 0 Å². The Kier molecular flexibility index (Phi) is 3.61. The van der Waals surface area contributed by atoms with Crippen LogP contribution in [0.5, 0.6) is 0 Å². The maximum absolute atomic E-state index is 11.5. The summed E-state index contributed by atoms with van der Waals surface area (Å²) in [5, 5.41) is 0. The molecule has 1 aromatic rings. The molecule has 0 aliphatic heterocycles. The molecule has 3 heteroatoms. The fraction of sp³-hybridized carbons (Fsp3) is 0.333. The van der Waals surface area contributed by atoms with Crippen molar-refractivity contribution >= 4 is 12.3 Å². The van der Waals surface area contributed by atoms with Gasteiger partial charge < -0.3 is 9.53 Å². The van der Waals surface area contributed by atoms with Gasteiger partial charge in [-0.05, 0) is 26.0 Å². The Labute approximate surface area is 89.1 Å². The van der Waals surface area contributed by atoms with Crippen molar-refractivity contribution in [2.75, 3.05) is 6.61 Å². The van der Waals surface area contributed by atoms with Crippen LogP contribution in [-0.4, -0.2) is 18.9 Å². The molecule has 0 aliphatic carbocycles. The molecule has 0 radical (unpaired) electrons. The number of carbonyl (C=O) groups is 2. The van der Waals surface area contributed by atoms with E-state index >= 15 is 0 Å². The SMILES string of the molecule is CC(C)(C=O)COC(=O)c1ccccc1. The summed E-state index contributed by atoms with van der Waals surface area (Å²) in [6.45, 7) is 3.54. The molecule has 0 spiro atoms. The molecular formula is C12H14O3. The standard InChI is InChI=1S/C12H14O3/c1-12(2,8-13)9-15-11(14)10-6-4-3-5-7-10/h3-8H,9H2,1-2H3. The summed E-state index contributed by atoms with van der Waals surface area (Å²) in [5.41, 5.74) is -0.121. The van der Waals surface area contributed by atoms with E-state index < -0.39 is 11.4 Å². The van der Waals surface area contributed by atoms with Gasteiger partial charge in [-0.3, -0.25) is 0 Å². The van der Waals surface area contributed by atoms with Crippen LogP contribution in [0.25, 0.3) is 0 Å². The first-order chi connectivity index (χ1) is 7.05. The maximum Gasteiger partial charge on any atom is 0.338 e. The van der Waals surface area contributed by atoms with Crippen LogP contribution in [0, 0.1) is 5.41 Å². The number of hydrogen-bond donors (Lipinski definition) is 0. The van der Waals surface area contributed by atoms with Crippen LogP contribution in [0.3, 0.4) is 0 Å². The van der Waals surface area contributed by atoms with Crippen molar-refractivity contribution in [1.82, 2.24) is 0 Å². The smallest absolute Gasteiger partial charge is 0.338 e. The van der Waals surface area contributed by atoms with E-state index in [2.05, 4.69) is 0 Å². The average Bonchev–Trinajstić information content (AvgIpc) is 2.27. The Bertz CT molecular complexity index is 341. The molecule has 0 amide bonds. The van der Waals surface area contributed by atoms with Gasteiger partial charge in [0.1, 0.15) is 12.9 Å². The number of hydrogen-bond acceptors (Lipinski definition) is 3. The zero-order valence-corrected chi connectivity index (χ0v) is 8.90. The van der Waals surface area contributed by atoms with E-state index in [9.17, 15) is 9.59 Å². The Balaban J connectivity index is 2.55. The van der Waals surface area contributed by atoms with Gasteiger partial charge in [-0.15, -0.1) is 0 Å². The third-order valence-corrected chi connectivity index (χ3v) is 1.90. The Hall–Kier alpha value is -1.64. The van der Waals surface area contributed by atoms with Gasteiger partial charge >= 0.3 is 5.97 Å². The van der Waals surface area contributed by atoms with Crippen LogP contribution in [0.1, 0.15) is 24.2 Å². The molecule has 0 saturated carbocycles. The van der Waals surface area contributed by atoms with Crippen molar-refractivity contribution in [2.24, 2.45) is 5.41 Å². The molecule has 0 atom stereocenters. The van der Waals surface area contributed by atoms with E-state index in [1.807, 2.05) is 6.07 Å². The van der Waals surface area contributed by atoms with E-state index in [0.717, 1.165) is 6.29 Å². The van der Waals surface area contributed by atoms with Crippen molar-refractivity contribution in [2.45, 2.75) is 13.8 Å². The largest absolute Gasteiger partial charge is 0.461 e. The molecular weight excluding hydrogens is 192 g/mol. The molecule has 1 rings (SSSR count). The summed E-state index contributed by atoms with van der Waals surface area (Å²) >= 11 is 0. The number of ether oxygens (including phenoxy) is 1. The van der Waals surface area contributed by atoms with E-state index in [-0.39, 0.29) is 6.61 Å². The van der Waals surface area contributed by atoms with Crippen molar-refractivity contribution in [1.29, 1.82) is 0 Å². The van der Waals surface area contributed by atoms with Gasteiger partial charge in [0.25, 0.3) is 0 Å². The topological polar surface area (TPSA) is 43.4 Å². The number of aldehydes is 1. The van der Waals surface area contributed by atoms with Crippen molar-refractivity contribution in [3.63, 3.8) is 0 Å². The normalized spacial score (nSPS) is 10.8. The summed E-state index contributed by atoms with van der Waals surface area (Å²) in [5.74, 6) is -0.398. The highest BCUT2D eigenvalue weighted by Crippen LogP contribution is 2.12. The number of carbonyl (C=O) groups excluding carboxylic acids is 2. The second-order valence-corrected chi connectivity index (χ2v) is 4.05.